The molecule has 2 radical (unpaired) electrons. The molecule has 2 aromatic rings. The van der Waals surface area contributed by atoms with Gasteiger partial charge in [0.1, 0.15) is 7.85 Å². The number of rotatable bonds is 3. The summed E-state index contributed by atoms with van der Waals surface area (Å²) in [4.78, 5) is 4.23. The van der Waals surface area contributed by atoms with Crippen molar-refractivity contribution in [1.29, 1.82) is 0 Å². The molecular formula is C12H10BNS. The highest BCUT2D eigenvalue weighted by atomic mass is 32.2. The smallest absolute Gasteiger partial charge is 0.115 e. The molecule has 0 spiro atoms. The Labute approximate surface area is 95.3 Å². The van der Waals surface area contributed by atoms with E-state index in [2.05, 4.69) is 17.1 Å². The van der Waals surface area contributed by atoms with Crippen LogP contribution in [0.2, 0.25) is 0 Å². The molecule has 15 heavy (non-hydrogen) atoms. The summed E-state index contributed by atoms with van der Waals surface area (Å²) in [5, 5.41) is 1.01. The van der Waals surface area contributed by atoms with Crippen LogP contribution in [0.1, 0.15) is 5.56 Å². The average Bonchev–Trinajstić information content (AvgIpc) is 2.30. The SMILES string of the molecule is [B]c1ccc(SCc2ccccc2)nc1. The molecule has 0 bridgehead atoms. The number of aromatic nitrogens is 1. The fraction of sp³-hybridized carbons (Fsp3) is 0.0833. The zero-order valence-electron chi connectivity index (χ0n) is 8.26. The van der Waals surface area contributed by atoms with Crippen molar-refractivity contribution in [2.75, 3.05) is 0 Å². The van der Waals surface area contributed by atoms with E-state index in [1.165, 1.54) is 5.56 Å². The molecule has 1 nitrogen and oxygen atoms in total. The molecule has 1 aromatic carbocycles. The Morgan fingerprint density at radius 1 is 1.07 bits per heavy atom. The lowest BCUT2D eigenvalue weighted by Crippen LogP contribution is -2.01. The number of hydrogen-bond acceptors (Lipinski definition) is 2. The van der Waals surface area contributed by atoms with Crippen molar-refractivity contribution in [3.8, 4) is 0 Å². The molecule has 3 heteroatoms. The van der Waals surface area contributed by atoms with E-state index >= 15 is 0 Å². The number of pyridine rings is 1. The van der Waals surface area contributed by atoms with Crippen molar-refractivity contribution in [3.63, 3.8) is 0 Å². The largest absolute Gasteiger partial charge is 0.251 e. The van der Waals surface area contributed by atoms with Gasteiger partial charge in [-0.2, -0.15) is 0 Å². The summed E-state index contributed by atoms with van der Waals surface area (Å²) < 4.78 is 0. The molecule has 0 saturated heterocycles. The minimum absolute atomic E-state index is 0.707. The molecule has 1 aromatic heterocycles. The average molecular weight is 211 g/mol. The molecule has 0 unspecified atom stereocenters. The molecule has 72 valence electrons. The predicted molar refractivity (Wildman–Crippen MR) is 65.6 cm³/mol. The van der Waals surface area contributed by atoms with Gasteiger partial charge in [-0.3, -0.25) is 4.98 Å². The summed E-state index contributed by atoms with van der Waals surface area (Å²) in [6, 6.07) is 14.2. The van der Waals surface area contributed by atoms with Gasteiger partial charge in [0.2, 0.25) is 0 Å². The van der Waals surface area contributed by atoms with E-state index in [0.29, 0.717) is 5.46 Å². The van der Waals surface area contributed by atoms with Crippen LogP contribution in [-0.4, -0.2) is 12.8 Å². The van der Waals surface area contributed by atoms with Gasteiger partial charge >= 0.3 is 0 Å². The molecule has 0 saturated carbocycles. The summed E-state index contributed by atoms with van der Waals surface area (Å²) in [5.74, 6) is 0.942. The van der Waals surface area contributed by atoms with E-state index in [0.717, 1.165) is 10.8 Å². The highest BCUT2D eigenvalue weighted by Gasteiger charge is 1.96. The first-order valence-corrected chi connectivity index (χ1v) is 5.71. The Morgan fingerprint density at radius 2 is 1.87 bits per heavy atom. The zero-order valence-corrected chi connectivity index (χ0v) is 9.08. The van der Waals surface area contributed by atoms with Gasteiger partial charge in [0, 0.05) is 11.9 Å². The lowest BCUT2D eigenvalue weighted by molar-refractivity contribution is 1.14. The van der Waals surface area contributed by atoms with Crippen molar-refractivity contribution in [2.45, 2.75) is 10.8 Å². The highest BCUT2D eigenvalue weighted by Crippen LogP contribution is 2.19. The summed E-state index contributed by atoms with van der Waals surface area (Å²) in [6.07, 6.45) is 1.69. The third-order valence-electron chi connectivity index (χ3n) is 1.99. The van der Waals surface area contributed by atoms with E-state index in [9.17, 15) is 0 Å². The number of benzene rings is 1. The molecule has 0 aliphatic carbocycles. The number of nitrogens with zero attached hydrogens (tertiary/aromatic N) is 1. The van der Waals surface area contributed by atoms with Crippen LogP contribution in [0, 0.1) is 0 Å². The first-order chi connectivity index (χ1) is 7.34. The minimum Gasteiger partial charge on any atom is -0.251 e. The molecule has 1 heterocycles. The van der Waals surface area contributed by atoms with Crippen LogP contribution in [-0.2, 0) is 5.75 Å². The Balaban J connectivity index is 1.96. The standard InChI is InChI=1S/C12H10BNS/c13-11-6-7-12(14-8-11)15-9-10-4-2-1-3-5-10/h1-8H,9H2. The number of thioether (sulfide) groups is 1. The molecule has 0 fully saturated rings. The topological polar surface area (TPSA) is 12.9 Å². The maximum absolute atomic E-state index is 5.56. The van der Waals surface area contributed by atoms with Crippen molar-refractivity contribution >= 4 is 25.1 Å². The van der Waals surface area contributed by atoms with Crippen LogP contribution in [0.5, 0.6) is 0 Å². The second-order valence-electron chi connectivity index (χ2n) is 3.20. The quantitative estimate of drug-likeness (QED) is 0.570. The first-order valence-electron chi connectivity index (χ1n) is 4.73. The molecule has 0 aliphatic rings. The maximum Gasteiger partial charge on any atom is 0.115 e. The van der Waals surface area contributed by atoms with Gasteiger partial charge in [-0.05, 0) is 11.6 Å². The minimum atomic E-state index is 0.707. The Bertz CT molecular complexity index is 413. The van der Waals surface area contributed by atoms with Gasteiger partial charge in [0.15, 0.2) is 0 Å². The van der Waals surface area contributed by atoms with Crippen molar-refractivity contribution in [2.24, 2.45) is 0 Å². The van der Waals surface area contributed by atoms with Crippen LogP contribution in [0.15, 0.2) is 53.7 Å². The Hall–Kier alpha value is -1.22. The van der Waals surface area contributed by atoms with Crippen molar-refractivity contribution in [3.05, 3.63) is 54.2 Å². The van der Waals surface area contributed by atoms with Crippen molar-refractivity contribution in [1.82, 2.24) is 4.98 Å². The molecule has 0 N–H and O–H groups in total. The molecular weight excluding hydrogens is 201 g/mol. The second-order valence-corrected chi connectivity index (χ2v) is 4.20. The van der Waals surface area contributed by atoms with E-state index in [4.69, 9.17) is 7.85 Å². The van der Waals surface area contributed by atoms with E-state index in [1.54, 1.807) is 18.0 Å². The van der Waals surface area contributed by atoms with Crippen LogP contribution in [0.4, 0.5) is 0 Å². The predicted octanol–water partition coefficient (Wildman–Crippen LogP) is 2.17. The summed E-state index contributed by atoms with van der Waals surface area (Å²) in [6.45, 7) is 0. The lowest BCUT2D eigenvalue weighted by Gasteiger charge is -2.01. The van der Waals surface area contributed by atoms with Gasteiger partial charge in [-0.1, -0.05) is 41.9 Å². The third-order valence-corrected chi connectivity index (χ3v) is 3.00. The van der Waals surface area contributed by atoms with E-state index in [1.807, 2.05) is 30.3 Å². The molecule has 2 rings (SSSR count). The summed E-state index contributed by atoms with van der Waals surface area (Å²) in [7, 11) is 5.56. The highest BCUT2D eigenvalue weighted by molar-refractivity contribution is 7.98. The monoisotopic (exact) mass is 211 g/mol. The molecule has 0 aliphatic heterocycles. The van der Waals surface area contributed by atoms with E-state index in [-0.39, 0.29) is 0 Å². The van der Waals surface area contributed by atoms with Crippen LogP contribution in [0.3, 0.4) is 0 Å². The molecule has 0 atom stereocenters. The van der Waals surface area contributed by atoms with Gasteiger partial charge in [0.05, 0.1) is 5.03 Å². The fourth-order valence-corrected chi connectivity index (χ4v) is 2.01. The van der Waals surface area contributed by atoms with Crippen LogP contribution < -0.4 is 5.46 Å². The Kier molecular flexibility index (Phi) is 3.46. The Morgan fingerprint density at radius 3 is 2.53 bits per heavy atom. The zero-order chi connectivity index (χ0) is 10.5. The lowest BCUT2D eigenvalue weighted by atomic mass is 9.99. The molecule has 0 amide bonds. The summed E-state index contributed by atoms with van der Waals surface area (Å²) in [5.41, 5.74) is 2.01. The fourth-order valence-electron chi connectivity index (χ4n) is 1.21. The number of hydrogen-bond donors (Lipinski definition) is 0. The normalized spacial score (nSPS) is 10.1. The van der Waals surface area contributed by atoms with Gasteiger partial charge in [0.25, 0.3) is 0 Å². The van der Waals surface area contributed by atoms with Crippen LogP contribution in [0.25, 0.3) is 0 Å². The summed E-state index contributed by atoms with van der Waals surface area (Å²) >= 11 is 1.72. The second kappa shape index (κ2) is 5.03. The third kappa shape index (κ3) is 3.13. The van der Waals surface area contributed by atoms with Gasteiger partial charge in [-0.15, -0.1) is 11.8 Å². The van der Waals surface area contributed by atoms with Crippen molar-refractivity contribution < 1.29 is 0 Å². The van der Waals surface area contributed by atoms with E-state index < -0.39 is 0 Å². The van der Waals surface area contributed by atoms with Gasteiger partial charge < -0.3 is 0 Å². The maximum atomic E-state index is 5.56. The first kappa shape index (κ1) is 10.3. The van der Waals surface area contributed by atoms with Gasteiger partial charge in [-0.25, -0.2) is 0 Å². The van der Waals surface area contributed by atoms with Crippen LogP contribution >= 0.6 is 11.8 Å².